The first-order valence-corrected chi connectivity index (χ1v) is 9.41. The number of esters is 1. The molecule has 1 heterocycles. The summed E-state index contributed by atoms with van der Waals surface area (Å²) in [6.45, 7) is 1.81. The highest BCUT2D eigenvalue weighted by Gasteiger charge is 2.37. The Balaban J connectivity index is 2.03. The minimum absolute atomic E-state index is 0.0792. The summed E-state index contributed by atoms with van der Waals surface area (Å²) in [7, 11) is 3.08. The molecule has 0 unspecified atom stereocenters. The number of amides is 2. The van der Waals surface area contributed by atoms with Crippen molar-refractivity contribution < 1.29 is 28.2 Å². The standard InChI is InChI=1S/C22H23FN2O5/c1-4-29-21(26)19-18(13-30-16-10-8-15(23)9-11-16)25(2)22(27)24-20(19)14-6-5-7-17(12-14)28-3/h5-12,20H,4,13H2,1-3H3,(H,24,27)/t20-/m0/s1. The topological polar surface area (TPSA) is 77.1 Å². The van der Waals surface area contributed by atoms with E-state index < -0.39 is 18.0 Å². The van der Waals surface area contributed by atoms with Crippen molar-refractivity contribution >= 4 is 12.0 Å². The van der Waals surface area contributed by atoms with Crippen molar-refractivity contribution in [1.82, 2.24) is 10.2 Å². The molecule has 1 aliphatic rings. The lowest BCUT2D eigenvalue weighted by Gasteiger charge is -2.34. The summed E-state index contributed by atoms with van der Waals surface area (Å²) in [5.74, 6) is 0.0494. The number of benzene rings is 2. The number of hydrogen-bond acceptors (Lipinski definition) is 5. The van der Waals surface area contributed by atoms with Crippen molar-refractivity contribution in [2.24, 2.45) is 0 Å². The number of ether oxygens (including phenoxy) is 3. The molecule has 2 aromatic carbocycles. The molecular formula is C22H23FN2O5. The van der Waals surface area contributed by atoms with Gasteiger partial charge in [-0.1, -0.05) is 12.1 Å². The van der Waals surface area contributed by atoms with Crippen molar-refractivity contribution in [3.8, 4) is 11.5 Å². The zero-order chi connectivity index (χ0) is 21.7. The highest BCUT2D eigenvalue weighted by Crippen LogP contribution is 2.32. The number of carbonyl (C=O) groups excluding carboxylic acids is 2. The first-order chi connectivity index (χ1) is 14.4. The first-order valence-electron chi connectivity index (χ1n) is 9.41. The van der Waals surface area contributed by atoms with Gasteiger partial charge in [0.15, 0.2) is 0 Å². The van der Waals surface area contributed by atoms with Crippen LogP contribution in [0.5, 0.6) is 11.5 Å². The van der Waals surface area contributed by atoms with Crippen LogP contribution in [0.15, 0.2) is 59.8 Å². The number of likely N-dealkylation sites (N-methyl/N-ethyl adjacent to an activating group) is 1. The normalized spacial score (nSPS) is 16.2. The molecule has 30 heavy (non-hydrogen) atoms. The van der Waals surface area contributed by atoms with E-state index in [4.69, 9.17) is 14.2 Å². The number of nitrogens with one attached hydrogen (secondary N) is 1. The molecule has 158 valence electrons. The monoisotopic (exact) mass is 414 g/mol. The second-order valence-corrected chi connectivity index (χ2v) is 6.54. The highest BCUT2D eigenvalue weighted by atomic mass is 19.1. The number of halogens is 1. The third-order valence-corrected chi connectivity index (χ3v) is 4.69. The van der Waals surface area contributed by atoms with Crippen LogP contribution in [0.25, 0.3) is 0 Å². The van der Waals surface area contributed by atoms with Gasteiger partial charge in [0.25, 0.3) is 0 Å². The minimum atomic E-state index is -0.741. The fraction of sp³-hybridized carbons (Fsp3) is 0.273. The third kappa shape index (κ3) is 4.53. The lowest BCUT2D eigenvalue weighted by atomic mass is 9.94. The van der Waals surface area contributed by atoms with E-state index in [1.54, 1.807) is 38.2 Å². The van der Waals surface area contributed by atoms with E-state index in [-0.39, 0.29) is 24.6 Å². The molecule has 0 spiro atoms. The van der Waals surface area contributed by atoms with Crippen molar-refractivity contribution in [1.29, 1.82) is 0 Å². The van der Waals surface area contributed by atoms with Crippen LogP contribution in [0.4, 0.5) is 9.18 Å². The Bertz CT molecular complexity index is 958. The summed E-state index contributed by atoms with van der Waals surface area (Å²) in [5, 5.41) is 2.83. The summed E-state index contributed by atoms with van der Waals surface area (Å²) in [5.41, 5.74) is 1.28. The van der Waals surface area contributed by atoms with E-state index >= 15 is 0 Å². The van der Waals surface area contributed by atoms with Gasteiger partial charge < -0.3 is 19.5 Å². The van der Waals surface area contributed by atoms with E-state index in [1.807, 2.05) is 0 Å². The molecule has 0 saturated carbocycles. The van der Waals surface area contributed by atoms with Crippen LogP contribution in [0.3, 0.4) is 0 Å². The molecule has 0 saturated heterocycles. The van der Waals surface area contributed by atoms with Gasteiger partial charge in [-0.2, -0.15) is 0 Å². The molecule has 8 heteroatoms. The molecule has 0 aliphatic carbocycles. The molecule has 0 fully saturated rings. The van der Waals surface area contributed by atoms with E-state index in [9.17, 15) is 14.0 Å². The molecule has 0 aromatic heterocycles. The van der Waals surface area contributed by atoms with Crippen LogP contribution in [0.1, 0.15) is 18.5 Å². The van der Waals surface area contributed by atoms with Gasteiger partial charge in [-0.15, -0.1) is 0 Å². The largest absolute Gasteiger partial charge is 0.497 e. The first kappa shape index (κ1) is 21.2. The maximum Gasteiger partial charge on any atom is 0.338 e. The Hall–Kier alpha value is -3.55. The predicted molar refractivity (Wildman–Crippen MR) is 108 cm³/mol. The van der Waals surface area contributed by atoms with Gasteiger partial charge in [-0.3, -0.25) is 4.90 Å². The summed E-state index contributed by atoms with van der Waals surface area (Å²) in [4.78, 5) is 26.8. The van der Waals surface area contributed by atoms with Gasteiger partial charge in [0.1, 0.15) is 23.9 Å². The fourth-order valence-electron chi connectivity index (χ4n) is 3.14. The summed E-state index contributed by atoms with van der Waals surface area (Å²) >= 11 is 0. The molecule has 1 aliphatic heterocycles. The van der Waals surface area contributed by atoms with Crippen molar-refractivity contribution in [3.05, 3.63) is 71.2 Å². The van der Waals surface area contributed by atoms with Crippen LogP contribution < -0.4 is 14.8 Å². The smallest absolute Gasteiger partial charge is 0.338 e. The van der Waals surface area contributed by atoms with Crippen LogP contribution in [0, 0.1) is 5.82 Å². The quantitative estimate of drug-likeness (QED) is 0.703. The van der Waals surface area contributed by atoms with E-state index in [2.05, 4.69) is 5.32 Å². The lowest BCUT2D eigenvalue weighted by Crippen LogP contribution is -2.48. The molecule has 7 nitrogen and oxygen atoms in total. The maximum atomic E-state index is 13.2. The number of carbonyl (C=O) groups is 2. The zero-order valence-electron chi connectivity index (χ0n) is 17.0. The maximum absolute atomic E-state index is 13.2. The van der Waals surface area contributed by atoms with Crippen molar-refractivity contribution in [2.45, 2.75) is 13.0 Å². The Kier molecular flexibility index (Phi) is 6.56. The lowest BCUT2D eigenvalue weighted by molar-refractivity contribution is -0.139. The Labute approximate surface area is 174 Å². The van der Waals surface area contributed by atoms with Crippen LogP contribution in [0.2, 0.25) is 0 Å². The Morgan fingerprint density at radius 1 is 1.17 bits per heavy atom. The van der Waals surface area contributed by atoms with Gasteiger partial charge in [0, 0.05) is 7.05 Å². The van der Waals surface area contributed by atoms with E-state index in [0.29, 0.717) is 22.8 Å². The average Bonchev–Trinajstić information content (AvgIpc) is 2.75. The van der Waals surface area contributed by atoms with E-state index in [0.717, 1.165) is 0 Å². The molecule has 0 bridgehead atoms. The van der Waals surface area contributed by atoms with Crippen LogP contribution >= 0.6 is 0 Å². The van der Waals surface area contributed by atoms with Crippen LogP contribution in [-0.4, -0.2) is 44.3 Å². The molecule has 1 atom stereocenters. The van der Waals surface area contributed by atoms with Gasteiger partial charge in [-0.25, -0.2) is 14.0 Å². The van der Waals surface area contributed by atoms with Gasteiger partial charge >= 0.3 is 12.0 Å². The third-order valence-electron chi connectivity index (χ3n) is 4.69. The summed E-state index contributed by atoms with van der Waals surface area (Å²) in [6, 6.07) is 11.4. The summed E-state index contributed by atoms with van der Waals surface area (Å²) in [6.07, 6.45) is 0. The molecule has 0 radical (unpaired) electrons. The Morgan fingerprint density at radius 2 is 1.90 bits per heavy atom. The fourth-order valence-corrected chi connectivity index (χ4v) is 3.14. The van der Waals surface area contributed by atoms with Crippen molar-refractivity contribution in [3.63, 3.8) is 0 Å². The number of rotatable bonds is 7. The average molecular weight is 414 g/mol. The van der Waals surface area contributed by atoms with Gasteiger partial charge in [0.05, 0.1) is 31.0 Å². The SMILES string of the molecule is CCOC(=O)C1=C(COc2ccc(F)cc2)N(C)C(=O)N[C@H]1c1cccc(OC)c1. The predicted octanol–water partition coefficient (Wildman–Crippen LogP) is 3.43. The number of methoxy groups -OCH3 is 1. The van der Waals surface area contributed by atoms with Gasteiger partial charge in [-0.05, 0) is 48.9 Å². The highest BCUT2D eigenvalue weighted by molar-refractivity contribution is 5.95. The number of hydrogen-bond donors (Lipinski definition) is 1. The van der Waals surface area contributed by atoms with Gasteiger partial charge in [0.2, 0.25) is 0 Å². The molecule has 2 amide bonds. The Morgan fingerprint density at radius 3 is 2.57 bits per heavy atom. The summed E-state index contributed by atoms with van der Waals surface area (Å²) < 4.78 is 29.4. The molecule has 3 rings (SSSR count). The molecule has 2 aromatic rings. The minimum Gasteiger partial charge on any atom is -0.497 e. The molecular weight excluding hydrogens is 391 g/mol. The van der Waals surface area contributed by atoms with Crippen molar-refractivity contribution in [2.75, 3.05) is 27.4 Å². The number of nitrogens with zero attached hydrogens (tertiary/aromatic N) is 1. The molecule has 1 N–H and O–H groups in total. The zero-order valence-corrected chi connectivity index (χ0v) is 17.0. The second kappa shape index (κ2) is 9.30. The van der Waals surface area contributed by atoms with Crippen LogP contribution in [-0.2, 0) is 9.53 Å². The second-order valence-electron chi connectivity index (χ2n) is 6.54. The van der Waals surface area contributed by atoms with E-state index in [1.165, 1.54) is 36.3 Å². The number of urea groups is 1.